The van der Waals surface area contributed by atoms with Crippen molar-refractivity contribution in [3.05, 3.63) is 29.8 Å². The molecule has 0 saturated heterocycles. The summed E-state index contributed by atoms with van der Waals surface area (Å²) in [6.07, 6.45) is 7.49. The summed E-state index contributed by atoms with van der Waals surface area (Å²) in [6, 6.07) is 8.14. The summed E-state index contributed by atoms with van der Waals surface area (Å²) >= 11 is 0. The molecule has 3 heteroatoms. The summed E-state index contributed by atoms with van der Waals surface area (Å²) in [5.41, 5.74) is 1.45. The topological polar surface area (TPSA) is 35.5 Å². The molecule has 21 heavy (non-hydrogen) atoms. The Bertz CT molecular complexity index is 439. The lowest BCUT2D eigenvalue weighted by Gasteiger charge is -2.49. The molecule has 1 fully saturated rings. The van der Waals surface area contributed by atoms with E-state index in [4.69, 9.17) is 0 Å². The molecule has 1 aliphatic rings. The maximum Gasteiger partial charge on any atom is 0.115 e. The van der Waals surface area contributed by atoms with Crippen LogP contribution in [0, 0.1) is 0 Å². The molecule has 118 valence electrons. The Balaban J connectivity index is 2.23. The first-order chi connectivity index (χ1) is 10.1. The van der Waals surface area contributed by atoms with Crippen molar-refractivity contribution in [2.45, 2.75) is 57.0 Å². The van der Waals surface area contributed by atoms with Gasteiger partial charge in [-0.05, 0) is 57.6 Å². The van der Waals surface area contributed by atoms with E-state index in [1.54, 1.807) is 6.07 Å². The fraction of sp³-hybridized carbons (Fsp3) is 0.667. The van der Waals surface area contributed by atoms with Gasteiger partial charge in [0.05, 0.1) is 0 Å². The smallest absolute Gasteiger partial charge is 0.115 e. The Morgan fingerprint density at radius 3 is 2.52 bits per heavy atom. The van der Waals surface area contributed by atoms with Crippen LogP contribution in [0.4, 0.5) is 0 Å². The molecule has 2 rings (SSSR count). The lowest BCUT2D eigenvalue weighted by Crippen LogP contribution is -2.60. The number of hydrogen-bond donors (Lipinski definition) is 2. The predicted octanol–water partition coefficient (Wildman–Crippen LogP) is 3.18. The van der Waals surface area contributed by atoms with Crippen LogP contribution in [-0.2, 0) is 6.42 Å². The molecule has 0 heterocycles. The Morgan fingerprint density at radius 2 is 1.95 bits per heavy atom. The fourth-order valence-corrected chi connectivity index (χ4v) is 3.89. The van der Waals surface area contributed by atoms with E-state index >= 15 is 0 Å². The first-order valence-electron chi connectivity index (χ1n) is 8.27. The van der Waals surface area contributed by atoms with Gasteiger partial charge in [-0.3, -0.25) is 0 Å². The third-order valence-corrected chi connectivity index (χ3v) is 5.06. The monoisotopic (exact) mass is 290 g/mol. The molecular weight excluding hydrogens is 260 g/mol. The lowest BCUT2D eigenvalue weighted by molar-refractivity contribution is 0.0575. The number of phenolic OH excluding ortho intramolecular Hbond substituents is 1. The van der Waals surface area contributed by atoms with Gasteiger partial charge in [0.2, 0.25) is 0 Å². The van der Waals surface area contributed by atoms with Gasteiger partial charge in [-0.15, -0.1) is 0 Å². The van der Waals surface area contributed by atoms with E-state index < -0.39 is 0 Å². The Labute approximate surface area is 129 Å². The van der Waals surface area contributed by atoms with Crippen LogP contribution in [-0.4, -0.2) is 42.2 Å². The van der Waals surface area contributed by atoms with Crippen molar-refractivity contribution in [2.75, 3.05) is 20.6 Å². The Morgan fingerprint density at radius 1 is 1.24 bits per heavy atom. The van der Waals surface area contributed by atoms with Crippen molar-refractivity contribution >= 4 is 0 Å². The van der Waals surface area contributed by atoms with Crippen LogP contribution < -0.4 is 5.32 Å². The van der Waals surface area contributed by atoms with Gasteiger partial charge in [0.15, 0.2) is 0 Å². The maximum absolute atomic E-state index is 9.71. The molecule has 0 spiro atoms. The molecule has 3 nitrogen and oxygen atoms in total. The van der Waals surface area contributed by atoms with Gasteiger partial charge in [0.25, 0.3) is 0 Å². The van der Waals surface area contributed by atoms with Gasteiger partial charge in [-0.1, -0.05) is 38.3 Å². The number of hydrogen-bond acceptors (Lipinski definition) is 3. The lowest BCUT2D eigenvalue weighted by atomic mass is 9.73. The SMILES string of the molecule is CCNC(Cc1cccc(O)c1)C1(N(C)C)CCCCC1. The van der Waals surface area contributed by atoms with Crippen LogP contribution in [0.15, 0.2) is 24.3 Å². The molecule has 1 unspecified atom stereocenters. The maximum atomic E-state index is 9.71. The molecule has 0 amide bonds. The molecule has 1 atom stereocenters. The Kier molecular flexibility index (Phi) is 5.65. The molecule has 0 aromatic heterocycles. The van der Waals surface area contributed by atoms with Crippen molar-refractivity contribution < 1.29 is 5.11 Å². The minimum Gasteiger partial charge on any atom is -0.508 e. The second-order valence-corrected chi connectivity index (χ2v) is 6.54. The number of nitrogens with one attached hydrogen (secondary N) is 1. The minimum atomic E-state index is 0.236. The van der Waals surface area contributed by atoms with Gasteiger partial charge < -0.3 is 15.3 Å². The standard InChI is InChI=1S/C18H30N2O/c1-4-19-17(14-15-9-8-10-16(21)13-15)18(20(2)3)11-6-5-7-12-18/h8-10,13,17,19,21H,4-7,11-12,14H2,1-3H3. The zero-order valence-corrected chi connectivity index (χ0v) is 13.7. The van der Waals surface area contributed by atoms with E-state index in [1.165, 1.54) is 37.7 Å². The van der Waals surface area contributed by atoms with E-state index in [0.29, 0.717) is 11.8 Å². The molecule has 0 aliphatic heterocycles. The highest BCUT2D eigenvalue weighted by Crippen LogP contribution is 2.36. The van der Waals surface area contributed by atoms with E-state index in [2.05, 4.69) is 37.3 Å². The van der Waals surface area contributed by atoms with E-state index in [9.17, 15) is 5.11 Å². The van der Waals surface area contributed by atoms with Crippen LogP contribution in [0.1, 0.15) is 44.6 Å². The second-order valence-electron chi connectivity index (χ2n) is 6.54. The van der Waals surface area contributed by atoms with Crippen molar-refractivity contribution in [1.29, 1.82) is 0 Å². The number of aromatic hydroxyl groups is 1. The van der Waals surface area contributed by atoms with E-state index in [1.807, 2.05) is 12.1 Å². The quantitative estimate of drug-likeness (QED) is 0.844. The van der Waals surface area contributed by atoms with Crippen LogP contribution in [0.2, 0.25) is 0 Å². The third-order valence-electron chi connectivity index (χ3n) is 5.06. The highest BCUT2D eigenvalue weighted by molar-refractivity contribution is 5.28. The zero-order valence-electron chi connectivity index (χ0n) is 13.7. The van der Waals surface area contributed by atoms with Crippen molar-refractivity contribution in [2.24, 2.45) is 0 Å². The summed E-state index contributed by atoms with van der Waals surface area (Å²) in [7, 11) is 4.44. The number of likely N-dealkylation sites (N-methyl/N-ethyl adjacent to an activating group) is 2. The number of phenols is 1. The molecule has 2 N–H and O–H groups in total. The number of benzene rings is 1. The largest absolute Gasteiger partial charge is 0.508 e. The fourth-order valence-electron chi connectivity index (χ4n) is 3.89. The number of nitrogens with zero attached hydrogens (tertiary/aromatic N) is 1. The van der Waals surface area contributed by atoms with E-state index in [0.717, 1.165) is 13.0 Å². The number of rotatable bonds is 6. The summed E-state index contributed by atoms with van der Waals surface area (Å²) in [5.74, 6) is 0.366. The first kappa shape index (κ1) is 16.3. The first-order valence-corrected chi connectivity index (χ1v) is 8.27. The second kappa shape index (κ2) is 7.28. The molecule has 1 aromatic carbocycles. The van der Waals surface area contributed by atoms with Gasteiger partial charge in [-0.25, -0.2) is 0 Å². The van der Waals surface area contributed by atoms with Gasteiger partial charge in [0.1, 0.15) is 5.75 Å². The predicted molar refractivity (Wildman–Crippen MR) is 88.8 cm³/mol. The van der Waals surface area contributed by atoms with Gasteiger partial charge in [0, 0.05) is 11.6 Å². The molecular formula is C18H30N2O. The zero-order chi connectivity index (χ0) is 15.3. The van der Waals surface area contributed by atoms with Crippen LogP contribution >= 0.6 is 0 Å². The van der Waals surface area contributed by atoms with Crippen LogP contribution in [0.25, 0.3) is 0 Å². The van der Waals surface area contributed by atoms with Crippen molar-refractivity contribution in [3.8, 4) is 5.75 Å². The highest BCUT2D eigenvalue weighted by Gasteiger charge is 2.41. The minimum absolute atomic E-state index is 0.236. The van der Waals surface area contributed by atoms with Crippen molar-refractivity contribution in [3.63, 3.8) is 0 Å². The molecule has 1 saturated carbocycles. The average Bonchev–Trinajstić information content (AvgIpc) is 2.47. The van der Waals surface area contributed by atoms with Crippen LogP contribution in [0.5, 0.6) is 5.75 Å². The van der Waals surface area contributed by atoms with Crippen molar-refractivity contribution in [1.82, 2.24) is 10.2 Å². The normalized spacial score (nSPS) is 19.6. The molecule has 1 aromatic rings. The van der Waals surface area contributed by atoms with Gasteiger partial charge >= 0.3 is 0 Å². The highest BCUT2D eigenvalue weighted by atomic mass is 16.3. The molecule has 0 bridgehead atoms. The molecule has 1 aliphatic carbocycles. The van der Waals surface area contributed by atoms with E-state index in [-0.39, 0.29) is 5.54 Å². The third kappa shape index (κ3) is 3.78. The Hall–Kier alpha value is -1.06. The summed E-state index contributed by atoms with van der Waals surface area (Å²) in [6.45, 7) is 3.17. The summed E-state index contributed by atoms with van der Waals surface area (Å²) in [4.78, 5) is 2.43. The summed E-state index contributed by atoms with van der Waals surface area (Å²) in [5, 5.41) is 13.4. The average molecular weight is 290 g/mol. The summed E-state index contributed by atoms with van der Waals surface area (Å²) < 4.78 is 0. The van der Waals surface area contributed by atoms with Gasteiger partial charge in [-0.2, -0.15) is 0 Å². The molecule has 0 radical (unpaired) electrons. The van der Waals surface area contributed by atoms with Crippen LogP contribution in [0.3, 0.4) is 0 Å².